The van der Waals surface area contributed by atoms with E-state index in [1.807, 2.05) is 13.8 Å². The number of amides is 3. The van der Waals surface area contributed by atoms with E-state index >= 15 is 0 Å². The largest absolute Gasteiger partial charge is 0.373 e. The molecule has 0 aliphatic carbocycles. The highest BCUT2D eigenvalue weighted by atomic mass is 32.2. The number of sulfonamides is 1. The highest BCUT2D eigenvalue weighted by molar-refractivity contribution is 7.89. The Labute approximate surface area is 179 Å². The van der Waals surface area contributed by atoms with E-state index in [4.69, 9.17) is 4.74 Å². The number of ether oxygens (including phenoxy) is 1. The van der Waals surface area contributed by atoms with Gasteiger partial charge in [0, 0.05) is 24.3 Å². The lowest BCUT2D eigenvalue weighted by Gasteiger charge is -2.34. The lowest BCUT2D eigenvalue weighted by atomic mass is 10.1. The normalized spacial score (nSPS) is 21.5. The van der Waals surface area contributed by atoms with Gasteiger partial charge in [-0.2, -0.15) is 4.31 Å². The molecule has 0 bridgehead atoms. The van der Waals surface area contributed by atoms with Crippen molar-refractivity contribution in [2.75, 3.05) is 18.4 Å². The molecule has 2 atom stereocenters. The summed E-state index contributed by atoms with van der Waals surface area (Å²) in [5, 5.41) is 4.84. The minimum atomic E-state index is -3.70. The van der Waals surface area contributed by atoms with E-state index in [-0.39, 0.29) is 46.9 Å². The van der Waals surface area contributed by atoms with Crippen LogP contribution in [0, 0.1) is 0 Å². The lowest BCUT2D eigenvalue weighted by Crippen LogP contribution is -2.48. The summed E-state index contributed by atoms with van der Waals surface area (Å²) in [6.07, 6.45) is -0.401. The number of carbonyl (C=O) groups is 3. The summed E-state index contributed by atoms with van der Waals surface area (Å²) in [5.74, 6) is -1.46. The van der Waals surface area contributed by atoms with Crippen molar-refractivity contribution in [3.05, 3.63) is 59.2 Å². The average Bonchev–Trinajstić information content (AvgIpc) is 3.00. The van der Waals surface area contributed by atoms with Crippen LogP contribution in [0.4, 0.5) is 5.69 Å². The molecule has 0 aromatic heterocycles. The van der Waals surface area contributed by atoms with Gasteiger partial charge in [-0.3, -0.25) is 19.7 Å². The molecule has 2 heterocycles. The molecule has 2 aromatic rings. The molecule has 0 unspecified atom stereocenters. The van der Waals surface area contributed by atoms with E-state index in [2.05, 4.69) is 10.6 Å². The highest BCUT2D eigenvalue weighted by Crippen LogP contribution is 2.23. The summed E-state index contributed by atoms with van der Waals surface area (Å²) in [7, 11) is -3.70. The molecular formula is C21H21N3O6S. The Morgan fingerprint density at radius 1 is 1.00 bits per heavy atom. The number of fused-ring (bicyclic) bond motifs is 1. The number of hydrogen-bond donors (Lipinski definition) is 2. The third kappa shape index (κ3) is 4.09. The zero-order valence-electron chi connectivity index (χ0n) is 16.9. The van der Waals surface area contributed by atoms with Gasteiger partial charge in [-0.15, -0.1) is 0 Å². The van der Waals surface area contributed by atoms with Gasteiger partial charge in [0.1, 0.15) is 0 Å². The van der Waals surface area contributed by atoms with Crippen LogP contribution >= 0.6 is 0 Å². The van der Waals surface area contributed by atoms with Crippen molar-refractivity contribution in [2.45, 2.75) is 31.0 Å². The smallest absolute Gasteiger partial charge is 0.259 e. The summed E-state index contributed by atoms with van der Waals surface area (Å²) < 4.78 is 32.8. The Hall–Kier alpha value is -3.08. The zero-order valence-corrected chi connectivity index (χ0v) is 17.7. The fraction of sp³-hybridized carbons (Fsp3) is 0.286. The van der Waals surface area contributed by atoms with Crippen LogP contribution in [-0.4, -0.2) is 55.7 Å². The van der Waals surface area contributed by atoms with Crippen molar-refractivity contribution in [1.82, 2.24) is 9.62 Å². The van der Waals surface area contributed by atoms with Crippen LogP contribution in [0.25, 0.3) is 0 Å². The van der Waals surface area contributed by atoms with Crippen molar-refractivity contribution in [3.63, 3.8) is 0 Å². The van der Waals surface area contributed by atoms with Gasteiger partial charge < -0.3 is 10.1 Å². The predicted molar refractivity (Wildman–Crippen MR) is 111 cm³/mol. The van der Waals surface area contributed by atoms with Gasteiger partial charge in [-0.25, -0.2) is 8.42 Å². The Morgan fingerprint density at radius 2 is 1.61 bits per heavy atom. The van der Waals surface area contributed by atoms with Crippen molar-refractivity contribution < 1.29 is 27.5 Å². The van der Waals surface area contributed by atoms with Crippen LogP contribution in [0.5, 0.6) is 0 Å². The first-order valence-electron chi connectivity index (χ1n) is 9.72. The van der Waals surface area contributed by atoms with Gasteiger partial charge in [-0.05, 0) is 56.3 Å². The minimum absolute atomic E-state index is 0.0954. The van der Waals surface area contributed by atoms with Gasteiger partial charge in [0.25, 0.3) is 17.7 Å². The molecule has 2 aliphatic heterocycles. The summed E-state index contributed by atoms with van der Waals surface area (Å²) in [4.78, 5) is 36.0. The van der Waals surface area contributed by atoms with E-state index in [0.717, 1.165) is 0 Å². The van der Waals surface area contributed by atoms with Crippen molar-refractivity contribution in [1.29, 1.82) is 0 Å². The third-order valence-corrected chi connectivity index (χ3v) is 6.98. The first kappa shape index (κ1) is 21.2. The van der Waals surface area contributed by atoms with E-state index in [1.54, 1.807) is 0 Å². The monoisotopic (exact) mass is 443 g/mol. The molecule has 0 saturated carbocycles. The van der Waals surface area contributed by atoms with Gasteiger partial charge in [0.15, 0.2) is 0 Å². The summed E-state index contributed by atoms with van der Waals surface area (Å²) in [6.45, 7) is 4.18. The van der Waals surface area contributed by atoms with Crippen LogP contribution in [0.2, 0.25) is 0 Å². The highest BCUT2D eigenvalue weighted by Gasteiger charge is 2.32. The average molecular weight is 443 g/mol. The van der Waals surface area contributed by atoms with Gasteiger partial charge >= 0.3 is 0 Å². The molecule has 4 rings (SSSR count). The van der Waals surface area contributed by atoms with E-state index in [1.165, 1.54) is 46.8 Å². The lowest BCUT2D eigenvalue weighted by molar-refractivity contribution is -0.0440. The Balaban J connectivity index is 1.49. The Morgan fingerprint density at radius 3 is 2.26 bits per heavy atom. The first-order chi connectivity index (χ1) is 14.6. The topological polar surface area (TPSA) is 122 Å². The van der Waals surface area contributed by atoms with Crippen molar-refractivity contribution in [3.8, 4) is 0 Å². The zero-order chi connectivity index (χ0) is 22.3. The molecule has 2 aliphatic rings. The van der Waals surface area contributed by atoms with E-state index in [9.17, 15) is 22.8 Å². The molecule has 1 saturated heterocycles. The fourth-order valence-electron chi connectivity index (χ4n) is 3.70. The first-order valence-corrected chi connectivity index (χ1v) is 11.2. The van der Waals surface area contributed by atoms with Crippen LogP contribution in [-0.2, 0) is 14.8 Å². The molecule has 0 radical (unpaired) electrons. The van der Waals surface area contributed by atoms with Crippen LogP contribution in [0.15, 0.2) is 47.4 Å². The standard InChI is InChI=1S/C21H21N3O6S/c1-12-10-24(11-13(2)30-12)31(28,29)16-6-3-14(4-7-16)19(25)22-15-5-8-17-18(9-15)21(27)23-20(17)26/h3-9,12-13H,10-11H2,1-2H3,(H,22,25)(H,23,26,27)/t12-,13+. The number of imide groups is 1. The fourth-order valence-corrected chi connectivity index (χ4v) is 5.29. The second-order valence-corrected chi connectivity index (χ2v) is 9.54. The SMILES string of the molecule is C[C@@H]1CN(S(=O)(=O)c2ccc(C(=O)Nc3ccc4c(c3)C(=O)NC4=O)cc2)C[C@H](C)O1. The van der Waals surface area contributed by atoms with E-state index < -0.39 is 27.7 Å². The third-order valence-electron chi connectivity index (χ3n) is 5.13. The molecule has 31 heavy (non-hydrogen) atoms. The number of anilines is 1. The van der Waals surface area contributed by atoms with Gasteiger partial charge in [0.2, 0.25) is 10.0 Å². The summed E-state index contributed by atoms with van der Waals surface area (Å²) in [6, 6.07) is 10.1. The number of hydrogen-bond acceptors (Lipinski definition) is 6. The number of nitrogens with one attached hydrogen (secondary N) is 2. The Bertz CT molecular complexity index is 1170. The molecule has 2 aromatic carbocycles. The predicted octanol–water partition coefficient (Wildman–Crippen LogP) is 1.62. The number of nitrogens with zero attached hydrogens (tertiary/aromatic N) is 1. The number of morpholine rings is 1. The van der Waals surface area contributed by atoms with Crippen LogP contribution in [0.1, 0.15) is 44.9 Å². The molecule has 162 valence electrons. The van der Waals surface area contributed by atoms with Crippen LogP contribution in [0.3, 0.4) is 0 Å². The van der Waals surface area contributed by atoms with Crippen LogP contribution < -0.4 is 10.6 Å². The number of rotatable bonds is 4. The van der Waals surface area contributed by atoms with Crippen molar-refractivity contribution >= 4 is 33.4 Å². The summed E-state index contributed by atoms with van der Waals surface area (Å²) >= 11 is 0. The number of carbonyl (C=O) groups excluding carboxylic acids is 3. The second kappa shape index (κ2) is 7.88. The molecule has 10 heteroatoms. The summed E-state index contributed by atoms with van der Waals surface area (Å²) in [5.41, 5.74) is 1.05. The molecule has 1 fully saturated rings. The van der Waals surface area contributed by atoms with Gasteiger partial charge in [0.05, 0.1) is 28.2 Å². The van der Waals surface area contributed by atoms with Crippen molar-refractivity contribution in [2.24, 2.45) is 0 Å². The minimum Gasteiger partial charge on any atom is -0.373 e. The van der Waals surface area contributed by atoms with Gasteiger partial charge in [-0.1, -0.05) is 0 Å². The molecule has 0 spiro atoms. The molecular weight excluding hydrogens is 422 g/mol. The van der Waals surface area contributed by atoms with E-state index in [0.29, 0.717) is 5.69 Å². The maximum absolute atomic E-state index is 12.9. The Kier molecular flexibility index (Phi) is 5.38. The molecule has 3 amide bonds. The quantitative estimate of drug-likeness (QED) is 0.693. The maximum atomic E-state index is 12.9. The maximum Gasteiger partial charge on any atom is 0.259 e. The second-order valence-electron chi connectivity index (χ2n) is 7.60. The molecule has 2 N–H and O–H groups in total. The number of benzene rings is 2. The molecule has 9 nitrogen and oxygen atoms in total.